The van der Waals surface area contributed by atoms with Crippen LogP contribution in [0.2, 0.25) is 0 Å². The number of ether oxygens (including phenoxy) is 1. The average Bonchev–Trinajstić information content (AvgIpc) is 3.07. The summed E-state index contributed by atoms with van der Waals surface area (Å²) in [6, 6.07) is 14.2. The number of aromatic hydroxyl groups is 2. The van der Waals surface area contributed by atoms with Gasteiger partial charge in [0.15, 0.2) is 11.5 Å². The van der Waals surface area contributed by atoms with E-state index in [-0.39, 0.29) is 17.9 Å². The molecule has 122 valence electrons. The Morgan fingerprint density at radius 1 is 1.08 bits per heavy atom. The Hall–Kier alpha value is -3.28. The van der Waals surface area contributed by atoms with E-state index in [1.165, 1.54) is 12.1 Å². The van der Waals surface area contributed by atoms with Gasteiger partial charge in [0.2, 0.25) is 0 Å². The summed E-state index contributed by atoms with van der Waals surface area (Å²) in [6.07, 6.45) is 1.77. The monoisotopic (exact) mass is 324 g/mol. The maximum Gasteiger partial charge on any atom is 0.342 e. The lowest BCUT2D eigenvalue weighted by Gasteiger charge is -2.08. The molecule has 3 aromatic rings. The third-order valence-corrected chi connectivity index (χ3v) is 3.59. The number of rotatable bonds is 4. The zero-order valence-electron chi connectivity index (χ0n) is 13.0. The van der Waals surface area contributed by atoms with Gasteiger partial charge in [0, 0.05) is 6.20 Å². The lowest BCUT2D eigenvalue weighted by molar-refractivity contribution is 0.0463. The number of carbonyl (C=O) groups is 1. The second-order valence-electron chi connectivity index (χ2n) is 5.29. The molecule has 0 amide bonds. The summed E-state index contributed by atoms with van der Waals surface area (Å²) < 4.78 is 6.83. The van der Waals surface area contributed by atoms with Crippen molar-refractivity contribution in [2.45, 2.75) is 13.5 Å². The van der Waals surface area contributed by atoms with Gasteiger partial charge >= 0.3 is 5.97 Å². The van der Waals surface area contributed by atoms with E-state index in [9.17, 15) is 15.0 Å². The lowest BCUT2D eigenvalue weighted by atomic mass is 10.1. The number of hydrogen-bond donors (Lipinski definition) is 2. The molecule has 1 heterocycles. The third kappa shape index (κ3) is 3.08. The van der Waals surface area contributed by atoms with Crippen LogP contribution in [0.5, 0.6) is 11.5 Å². The van der Waals surface area contributed by atoms with Crippen molar-refractivity contribution in [3.05, 3.63) is 71.5 Å². The number of para-hydroxylation sites is 1. The molecule has 0 unspecified atom stereocenters. The average molecular weight is 324 g/mol. The number of nitrogens with zero attached hydrogens (tertiary/aromatic N) is 2. The first kappa shape index (κ1) is 15.6. The van der Waals surface area contributed by atoms with Gasteiger partial charge in [0.1, 0.15) is 17.9 Å². The summed E-state index contributed by atoms with van der Waals surface area (Å²) in [7, 11) is 0. The molecule has 2 aromatic carbocycles. The molecule has 0 bridgehead atoms. The van der Waals surface area contributed by atoms with Crippen molar-refractivity contribution in [2.24, 2.45) is 0 Å². The molecule has 6 heteroatoms. The van der Waals surface area contributed by atoms with Gasteiger partial charge in [0.05, 0.1) is 5.69 Å². The highest BCUT2D eigenvalue weighted by atomic mass is 16.5. The largest absolute Gasteiger partial charge is 0.504 e. The van der Waals surface area contributed by atoms with Gasteiger partial charge in [-0.2, -0.15) is 5.10 Å². The number of aromatic nitrogens is 2. The lowest BCUT2D eigenvalue weighted by Crippen LogP contribution is -2.06. The van der Waals surface area contributed by atoms with Crippen molar-refractivity contribution < 1.29 is 19.7 Å². The van der Waals surface area contributed by atoms with Crippen LogP contribution in [-0.4, -0.2) is 26.0 Å². The fourth-order valence-corrected chi connectivity index (χ4v) is 2.23. The molecule has 0 saturated carbocycles. The van der Waals surface area contributed by atoms with Gasteiger partial charge in [-0.25, -0.2) is 9.48 Å². The Morgan fingerprint density at radius 2 is 1.83 bits per heavy atom. The van der Waals surface area contributed by atoms with E-state index >= 15 is 0 Å². The zero-order chi connectivity index (χ0) is 17.1. The number of benzene rings is 2. The molecule has 0 aliphatic rings. The van der Waals surface area contributed by atoms with Crippen LogP contribution in [0.3, 0.4) is 0 Å². The summed E-state index contributed by atoms with van der Waals surface area (Å²) in [6.45, 7) is 1.59. The van der Waals surface area contributed by atoms with Crippen LogP contribution in [0.1, 0.15) is 21.6 Å². The third-order valence-electron chi connectivity index (χ3n) is 3.59. The smallest absolute Gasteiger partial charge is 0.342 e. The molecular weight excluding hydrogens is 308 g/mol. The minimum Gasteiger partial charge on any atom is -0.504 e. The van der Waals surface area contributed by atoms with Gasteiger partial charge in [-0.1, -0.05) is 24.3 Å². The first-order valence-electron chi connectivity index (χ1n) is 7.35. The summed E-state index contributed by atoms with van der Waals surface area (Å²) in [5.41, 5.74) is 1.87. The number of hydrogen-bond acceptors (Lipinski definition) is 5. The number of carbonyl (C=O) groups excluding carboxylic acids is 1. The highest BCUT2D eigenvalue weighted by Crippen LogP contribution is 2.32. The Labute approximate surface area is 138 Å². The molecular formula is C18H16N2O4. The second-order valence-corrected chi connectivity index (χ2v) is 5.29. The minimum absolute atomic E-state index is 0.0350. The predicted octanol–water partition coefficient (Wildman–Crippen LogP) is 2.95. The minimum atomic E-state index is -0.725. The number of phenols is 2. The molecule has 0 spiro atoms. The maximum atomic E-state index is 12.1. The van der Waals surface area contributed by atoms with E-state index in [0.29, 0.717) is 11.3 Å². The van der Waals surface area contributed by atoms with Gasteiger partial charge in [-0.3, -0.25) is 0 Å². The molecule has 2 N–H and O–H groups in total. The van der Waals surface area contributed by atoms with E-state index in [0.717, 1.165) is 5.69 Å². The molecule has 3 rings (SSSR count). The van der Waals surface area contributed by atoms with Crippen LogP contribution in [-0.2, 0) is 11.3 Å². The van der Waals surface area contributed by atoms with Crippen molar-refractivity contribution in [1.82, 2.24) is 9.78 Å². The van der Waals surface area contributed by atoms with Crippen molar-refractivity contribution in [3.8, 4) is 17.2 Å². The normalized spacial score (nSPS) is 10.5. The zero-order valence-corrected chi connectivity index (χ0v) is 13.0. The first-order chi connectivity index (χ1) is 11.6. The van der Waals surface area contributed by atoms with E-state index < -0.39 is 11.7 Å². The Kier molecular flexibility index (Phi) is 4.20. The summed E-state index contributed by atoms with van der Waals surface area (Å²) in [5, 5.41) is 23.8. The van der Waals surface area contributed by atoms with E-state index in [1.807, 2.05) is 30.3 Å². The Bertz CT molecular complexity index is 872. The molecule has 24 heavy (non-hydrogen) atoms. The fourth-order valence-electron chi connectivity index (χ4n) is 2.23. The SMILES string of the molecule is Cc1ccc(C(=O)OCc2ccn(-c3ccccc3)n2)c(O)c1O. The van der Waals surface area contributed by atoms with Gasteiger partial charge < -0.3 is 14.9 Å². The summed E-state index contributed by atoms with van der Waals surface area (Å²) in [4.78, 5) is 12.1. The highest BCUT2D eigenvalue weighted by Gasteiger charge is 2.17. The van der Waals surface area contributed by atoms with Gasteiger partial charge in [0.25, 0.3) is 0 Å². The van der Waals surface area contributed by atoms with Crippen molar-refractivity contribution in [3.63, 3.8) is 0 Å². The van der Waals surface area contributed by atoms with Crippen LogP contribution in [0, 0.1) is 6.92 Å². The topological polar surface area (TPSA) is 84.6 Å². The molecule has 0 aliphatic heterocycles. The van der Waals surface area contributed by atoms with Crippen LogP contribution in [0.4, 0.5) is 0 Å². The molecule has 0 atom stereocenters. The van der Waals surface area contributed by atoms with Crippen molar-refractivity contribution in [2.75, 3.05) is 0 Å². The molecule has 0 saturated heterocycles. The van der Waals surface area contributed by atoms with E-state index in [2.05, 4.69) is 5.10 Å². The van der Waals surface area contributed by atoms with E-state index in [1.54, 1.807) is 23.9 Å². The molecule has 1 aromatic heterocycles. The molecule has 0 radical (unpaired) electrons. The summed E-state index contributed by atoms with van der Waals surface area (Å²) in [5.74, 6) is -1.52. The molecule has 6 nitrogen and oxygen atoms in total. The highest BCUT2D eigenvalue weighted by molar-refractivity contribution is 5.93. The quantitative estimate of drug-likeness (QED) is 0.569. The maximum absolute atomic E-state index is 12.1. The van der Waals surface area contributed by atoms with Crippen LogP contribution >= 0.6 is 0 Å². The van der Waals surface area contributed by atoms with Crippen molar-refractivity contribution >= 4 is 5.97 Å². The molecule has 0 aliphatic carbocycles. The Morgan fingerprint density at radius 3 is 2.58 bits per heavy atom. The summed E-state index contributed by atoms with van der Waals surface area (Å²) >= 11 is 0. The number of phenolic OH excluding ortho intramolecular Hbond substituents is 2. The Balaban J connectivity index is 1.69. The first-order valence-corrected chi connectivity index (χ1v) is 7.35. The van der Waals surface area contributed by atoms with Gasteiger partial charge in [-0.05, 0) is 36.8 Å². The van der Waals surface area contributed by atoms with Crippen LogP contribution in [0.25, 0.3) is 5.69 Å². The number of esters is 1. The predicted molar refractivity (Wildman–Crippen MR) is 87.2 cm³/mol. The van der Waals surface area contributed by atoms with Crippen LogP contribution < -0.4 is 0 Å². The van der Waals surface area contributed by atoms with Crippen molar-refractivity contribution in [1.29, 1.82) is 0 Å². The van der Waals surface area contributed by atoms with E-state index in [4.69, 9.17) is 4.74 Å². The standard InChI is InChI=1S/C18H16N2O4/c1-12-7-8-15(17(22)16(12)21)18(23)24-11-13-9-10-20(19-13)14-5-3-2-4-6-14/h2-10,21-22H,11H2,1H3. The second kappa shape index (κ2) is 6.45. The number of aryl methyl sites for hydroxylation is 1. The molecule has 0 fully saturated rings. The van der Waals surface area contributed by atoms with Crippen LogP contribution in [0.15, 0.2) is 54.7 Å². The fraction of sp³-hybridized carbons (Fsp3) is 0.111. The van der Waals surface area contributed by atoms with Gasteiger partial charge in [-0.15, -0.1) is 0 Å².